The topological polar surface area (TPSA) is 70.9 Å². The number of aromatic amines is 1. The molecule has 0 spiro atoms. The molecule has 22 heavy (non-hydrogen) atoms. The third kappa shape index (κ3) is 1.79. The van der Waals surface area contributed by atoms with E-state index < -0.39 is 0 Å². The van der Waals surface area contributed by atoms with Crippen molar-refractivity contribution in [3.8, 4) is 11.4 Å². The highest BCUT2D eigenvalue weighted by Gasteiger charge is 2.10. The normalized spacial score (nSPS) is 11.3. The standard InChI is InChI=1S/C17H13N3O2/c1-10-18-13-7-6-11(8-14(13)19-10)20-15-5-3-2-4-12(15)16(21)9-17(20)22/h2-9,21H,1H3,(H,18,19). The molecular formula is C17H13N3O2. The predicted octanol–water partition coefficient (Wildman–Crippen LogP) is 2.88. The zero-order valence-corrected chi connectivity index (χ0v) is 11.9. The molecule has 0 aliphatic rings. The van der Waals surface area contributed by atoms with Crippen molar-refractivity contribution in [1.82, 2.24) is 14.5 Å². The Labute approximate surface area is 125 Å². The molecule has 2 heterocycles. The van der Waals surface area contributed by atoms with Gasteiger partial charge in [0.1, 0.15) is 11.6 Å². The molecule has 4 aromatic rings. The van der Waals surface area contributed by atoms with Crippen LogP contribution in [0.15, 0.2) is 53.3 Å². The fourth-order valence-electron chi connectivity index (χ4n) is 2.79. The second kappa shape index (κ2) is 4.46. The van der Waals surface area contributed by atoms with Gasteiger partial charge in [-0.2, -0.15) is 0 Å². The van der Waals surface area contributed by atoms with E-state index in [0.717, 1.165) is 22.5 Å². The minimum atomic E-state index is -0.271. The summed E-state index contributed by atoms with van der Waals surface area (Å²) in [6.45, 7) is 1.89. The number of nitrogens with one attached hydrogen (secondary N) is 1. The van der Waals surface area contributed by atoms with Crippen LogP contribution in [0.1, 0.15) is 5.82 Å². The Balaban J connectivity index is 2.09. The quantitative estimate of drug-likeness (QED) is 0.566. The molecule has 0 saturated heterocycles. The fraction of sp³-hybridized carbons (Fsp3) is 0.0588. The van der Waals surface area contributed by atoms with E-state index in [1.165, 1.54) is 6.07 Å². The number of imidazole rings is 1. The molecular weight excluding hydrogens is 278 g/mol. The van der Waals surface area contributed by atoms with Crippen LogP contribution < -0.4 is 5.56 Å². The van der Waals surface area contributed by atoms with E-state index in [-0.39, 0.29) is 11.3 Å². The Morgan fingerprint density at radius 3 is 2.82 bits per heavy atom. The molecule has 2 aromatic heterocycles. The van der Waals surface area contributed by atoms with E-state index in [2.05, 4.69) is 9.97 Å². The number of benzene rings is 2. The van der Waals surface area contributed by atoms with Crippen LogP contribution in [0.4, 0.5) is 0 Å². The number of pyridine rings is 1. The molecule has 4 rings (SSSR count). The molecule has 0 aliphatic heterocycles. The van der Waals surface area contributed by atoms with Gasteiger partial charge >= 0.3 is 0 Å². The average molecular weight is 291 g/mol. The first-order valence-electron chi connectivity index (χ1n) is 6.94. The van der Waals surface area contributed by atoms with Gasteiger partial charge < -0.3 is 10.1 Å². The highest BCUT2D eigenvalue weighted by Crippen LogP contribution is 2.25. The lowest BCUT2D eigenvalue weighted by Crippen LogP contribution is -2.17. The molecule has 0 saturated carbocycles. The van der Waals surface area contributed by atoms with E-state index in [1.54, 1.807) is 10.6 Å². The predicted molar refractivity (Wildman–Crippen MR) is 85.6 cm³/mol. The van der Waals surface area contributed by atoms with Crippen LogP contribution in [0, 0.1) is 6.92 Å². The number of hydrogen-bond donors (Lipinski definition) is 2. The average Bonchev–Trinajstić information content (AvgIpc) is 2.86. The fourth-order valence-corrected chi connectivity index (χ4v) is 2.79. The van der Waals surface area contributed by atoms with Gasteiger partial charge in [0.2, 0.25) is 0 Å². The summed E-state index contributed by atoms with van der Waals surface area (Å²) in [4.78, 5) is 19.9. The number of rotatable bonds is 1. The number of fused-ring (bicyclic) bond motifs is 2. The van der Waals surface area contributed by atoms with E-state index in [1.807, 2.05) is 43.3 Å². The van der Waals surface area contributed by atoms with Gasteiger partial charge in [-0.05, 0) is 37.3 Å². The molecule has 0 radical (unpaired) electrons. The minimum absolute atomic E-state index is 0.00434. The lowest BCUT2D eigenvalue weighted by molar-refractivity contribution is 0.480. The number of para-hydroxylation sites is 1. The molecule has 0 aliphatic carbocycles. The molecule has 0 bridgehead atoms. The van der Waals surface area contributed by atoms with Gasteiger partial charge in [0.15, 0.2) is 0 Å². The molecule has 0 atom stereocenters. The van der Waals surface area contributed by atoms with Crippen LogP contribution in [-0.4, -0.2) is 19.6 Å². The molecule has 2 aromatic carbocycles. The second-order valence-corrected chi connectivity index (χ2v) is 5.24. The van der Waals surface area contributed by atoms with Crippen molar-refractivity contribution in [2.24, 2.45) is 0 Å². The first-order chi connectivity index (χ1) is 10.6. The molecule has 5 nitrogen and oxygen atoms in total. The van der Waals surface area contributed by atoms with Crippen molar-refractivity contribution >= 4 is 21.9 Å². The number of aromatic hydroxyl groups is 1. The van der Waals surface area contributed by atoms with Crippen LogP contribution in [0.3, 0.4) is 0 Å². The smallest absolute Gasteiger partial charge is 0.259 e. The maximum atomic E-state index is 12.4. The lowest BCUT2D eigenvalue weighted by Gasteiger charge is -2.11. The molecule has 2 N–H and O–H groups in total. The van der Waals surface area contributed by atoms with Crippen LogP contribution in [0.2, 0.25) is 0 Å². The van der Waals surface area contributed by atoms with Crippen molar-refractivity contribution in [3.63, 3.8) is 0 Å². The van der Waals surface area contributed by atoms with E-state index in [0.29, 0.717) is 10.9 Å². The maximum Gasteiger partial charge on any atom is 0.259 e. The van der Waals surface area contributed by atoms with E-state index in [9.17, 15) is 9.90 Å². The highest BCUT2D eigenvalue weighted by molar-refractivity contribution is 5.87. The number of aryl methyl sites for hydroxylation is 1. The Kier molecular flexibility index (Phi) is 2.56. The third-order valence-electron chi connectivity index (χ3n) is 3.74. The first-order valence-corrected chi connectivity index (χ1v) is 6.94. The van der Waals surface area contributed by atoms with E-state index >= 15 is 0 Å². The van der Waals surface area contributed by atoms with Crippen LogP contribution in [0.5, 0.6) is 5.75 Å². The summed E-state index contributed by atoms with van der Waals surface area (Å²) < 4.78 is 1.59. The Bertz CT molecular complexity index is 1080. The van der Waals surface area contributed by atoms with Gasteiger partial charge in [-0.1, -0.05) is 12.1 Å². The summed E-state index contributed by atoms with van der Waals surface area (Å²) in [6.07, 6.45) is 0. The van der Waals surface area contributed by atoms with Gasteiger partial charge in [0.05, 0.1) is 22.2 Å². The maximum absolute atomic E-state index is 12.4. The lowest BCUT2D eigenvalue weighted by atomic mass is 10.2. The van der Waals surface area contributed by atoms with Crippen molar-refractivity contribution in [2.45, 2.75) is 6.92 Å². The molecule has 0 fully saturated rings. The third-order valence-corrected chi connectivity index (χ3v) is 3.74. The van der Waals surface area contributed by atoms with Crippen molar-refractivity contribution in [2.75, 3.05) is 0 Å². The van der Waals surface area contributed by atoms with Crippen LogP contribution in [-0.2, 0) is 0 Å². The first kappa shape index (κ1) is 12.6. The van der Waals surface area contributed by atoms with Gasteiger partial charge in [0, 0.05) is 11.5 Å². The summed E-state index contributed by atoms with van der Waals surface area (Å²) in [5, 5.41) is 10.6. The summed E-state index contributed by atoms with van der Waals surface area (Å²) in [7, 11) is 0. The number of aromatic nitrogens is 3. The number of H-pyrrole nitrogens is 1. The highest BCUT2D eigenvalue weighted by atomic mass is 16.3. The summed E-state index contributed by atoms with van der Waals surface area (Å²) in [6, 6.07) is 14.1. The van der Waals surface area contributed by atoms with Gasteiger partial charge in [-0.15, -0.1) is 0 Å². The summed E-state index contributed by atoms with van der Waals surface area (Å²) >= 11 is 0. The molecule has 0 amide bonds. The monoisotopic (exact) mass is 291 g/mol. The minimum Gasteiger partial charge on any atom is -0.507 e. The van der Waals surface area contributed by atoms with Crippen LogP contribution >= 0.6 is 0 Å². The molecule has 0 unspecified atom stereocenters. The van der Waals surface area contributed by atoms with Gasteiger partial charge in [-0.3, -0.25) is 9.36 Å². The van der Waals surface area contributed by atoms with Gasteiger partial charge in [0.25, 0.3) is 5.56 Å². The largest absolute Gasteiger partial charge is 0.507 e. The van der Waals surface area contributed by atoms with E-state index in [4.69, 9.17) is 0 Å². The second-order valence-electron chi connectivity index (χ2n) is 5.24. The number of nitrogens with zero attached hydrogens (tertiary/aromatic N) is 2. The van der Waals surface area contributed by atoms with Gasteiger partial charge in [-0.25, -0.2) is 4.98 Å². The Hall–Kier alpha value is -3.08. The molecule has 5 heteroatoms. The van der Waals surface area contributed by atoms with Crippen LogP contribution in [0.25, 0.3) is 27.6 Å². The van der Waals surface area contributed by atoms with Crippen molar-refractivity contribution in [3.05, 3.63) is 64.7 Å². The summed E-state index contributed by atoms with van der Waals surface area (Å²) in [5.74, 6) is 0.824. The SMILES string of the molecule is Cc1nc2ccc(-n3c(=O)cc(O)c4ccccc43)cc2[nH]1. The Morgan fingerprint density at radius 1 is 1.14 bits per heavy atom. The zero-order chi connectivity index (χ0) is 15.3. The molecule has 108 valence electrons. The summed E-state index contributed by atoms with van der Waals surface area (Å²) in [5.41, 5.74) is 2.86. The Morgan fingerprint density at radius 2 is 1.95 bits per heavy atom. The van der Waals surface area contributed by atoms with Crippen molar-refractivity contribution < 1.29 is 5.11 Å². The number of hydrogen-bond acceptors (Lipinski definition) is 3. The van der Waals surface area contributed by atoms with Crippen molar-refractivity contribution in [1.29, 1.82) is 0 Å². The zero-order valence-electron chi connectivity index (χ0n) is 11.9.